The highest BCUT2D eigenvalue weighted by Gasteiger charge is 2.36. The molecule has 2 aromatic rings. The highest BCUT2D eigenvalue weighted by atomic mass is 19.4. The second kappa shape index (κ2) is 8.31. The maximum Gasteiger partial charge on any atom is 0.573 e. The van der Waals surface area contributed by atoms with Gasteiger partial charge in [-0.1, -0.05) is 6.92 Å². The number of halogens is 3. The van der Waals surface area contributed by atoms with Crippen LogP contribution in [0.1, 0.15) is 44.8 Å². The van der Waals surface area contributed by atoms with Crippen molar-refractivity contribution in [2.45, 2.75) is 51.6 Å². The van der Waals surface area contributed by atoms with Crippen molar-refractivity contribution in [2.75, 3.05) is 32.0 Å². The van der Waals surface area contributed by atoms with E-state index in [2.05, 4.69) is 21.5 Å². The zero-order valence-corrected chi connectivity index (χ0v) is 17.9. The van der Waals surface area contributed by atoms with Crippen LogP contribution in [0.4, 0.5) is 19.0 Å². The summed E-state index contributed by atoms with van der Waals surface area (Å²) in [5.74, 6) is -0.0980. The number of alkyl halides is 3. The first-order valence-corrected chi connectivity index (χ1v) is 10.5. The van der Waals surface area contributed by atoms with Crippen molar-refractivity contribution >= 4 is 5.82 Å². The highest BCUT2D eigenvalue weighted by Crippen LogP contribution is 2.38. The van der Waals surface area contributed by atoms with Crippen LogP contribution in [-0.4, -0.2) is 58.4 Å². The minimum atomic E-state index is -4.84. The minimum Gasteiger partial charge on any atom is -0.402 e. The normalized spacial score (nSPS) is 23.2. The van der Waals surface area contributed by atoms with E-state index < -0.39 is 12.1 Å². The average Bonchev–Trinajstić information content (AvgIpc) is 3.06. The molecule has 2 unspecified atom stereocenters. The second-order valence-corrected chi connectivity index (χ2v) is 8.71. The summed E-state index contributed by atoms with van der Waals surface area (Å²) in [6, 6.07) is 3.84. The molecule has 4 rings (SSSR count). The van der Waals surface area contributed by atoms with Crippen LogP contribution in [0, 0.1) is 5.92 Å². The van der Waals surface area contributed by atoms with Crippen LogP contribution in [0.15, 0.2) is 18.3 Å². The Hall–Kier alpha value is -2.33. The molecular weight excluding hydrogens is 411 g/mol. The highest BCUT2D eigenvalue weighted by molar-refractivity contribution is 5.64. The number of piperidine rings is 1. The topological polar surface area (TPSA) is 78.4 Å². The van der Waals surface area contributed by atoms with Crippen molar-refractivity contribution < 1.29 is 22.6 Å². The maximum atomic E-state index is 12.7. The standard InChI is InChI=1S/C21H28F3N5O2/c1-12(2)29-18(16-4-5-28(9-13(16)3)15-10-30-11-15)7-17(27-29)14-6-19(20(25)26-8-14)31-21(22,23)24/h6-8,12-13,15-16H,4-5,9-11H2,1-3H3,(H2,25,26). The SMILES string of the molecule is CC1CN(C2COC2)CCC1c1cc(-c2cnc(N)c(OC(F)(F)F)c2)nn1C(C)C. The molecule has 0 radical (unpaired) electrons. The minimum absolute atomic E-state index is 0.113. The summed E-state index contributed by atoms with van der Waals surface area (Å²) in [6.45, 7) is 9.93. The van der Waals surface area contributed by atoms with E-state index in [1.807, 2.05) is 24.6 Å². The lowest BCUT2D eigenvalue weighted by Crippen LogP contribution is -2.53. The van der Waals surface area contributed by atoms with Crippen LogP contribution < -0.4 is 10.5 Å². The summed E-state index contributed by atoms with van der Waals surface area (Å²) in [5, 5.41) is 4.70. The Morgan fingerprint density at radius 3 is 2.58 bits per heavy atom. The molecular formula is C21H28F3N5O2. The Kier molecular flexibility index (Phi) is 5.87. The molecule has 4 heterocycles. The molecule has 2 saturated heterocycles. The lowest BCUT2D eigenvalue weighted by Gasteiger charge is -2.44. The van der Waals surface area contributed by atoms with Gasteiger partial charge in [-0.3, -0.25) is 9.58 Å². The van der Waals surface area contributed by atoms with Crippen LogP contribution in [0.25, 0.3) is 11.3 Å². The van der Waals surface area contributed by atoms with Crippen LogP contribution in [-0.2, 0) is 4.74 Å². The van der Waals surface area contributed by atoms with Gasteiger partial charge in [-0.2, -0.15) is 5.10 Å². The van der Waals surface area contributed by atoms with Gasteiger partial charge in [-0.05, 0) is 44.9 Å². The van der Waals surface area contributed by atoms with Gasteiger partial charge in [0, 0.05) is 36.0 Å². The van der Waals surface area contributed by atoms with Gasteiger partial charge in [0.05, 0.1) is 24.9 Å². The zero-order chi connectivity index (χ0) is 22.3. The molecule has 0 saturated carbocycles. The van der Waals surface area contributed by atoms with Crippen molar-refractivity contribution in [3.63, 3.8) is 0 Å². The number of ether oxygens (including phenoxy) is 2. The number of hydrogen-bond acceptors (Lipinski definition) is 6. The maximum absolute atomic E-state index is 12.7. The Morgan fingerprint density at radius 2 is 2.00 bits per heavy atom. The van der Waals surface area contributed by atoms with Gasteiger partial charge >= 0.3 is 6.36 Å². The van der Waals surface area contributed by atoms with Gasteiger partial charge in [0.25, 0.3) is 0 Å². The fraction of sp³-hybridized carbons (Fsp3) is 0.619. The summed E-state index contributed by atoms with van der Waals surface area (Å²) >= 11 is 0. The van der Waals surface area contributed by atoms with Gasteiger partial charge in [0.15, 0.2) is 11.6 Å². The number of likely N-dealkylation sites (tertiary alicyclic amines) is 1. The van der Waals surface area contributed by atoms with E-state index >= 15 is 0 Å². The number of aromatic nitrogens is 3. The van der Waals surface area contributed by atoms with E-state index in [9.17, 15) is 13.2 Å². The lowest BCUT2D eigenvalue weighted by molar-refractivity contribution is -0.274. The quantitative estimate of drug-likeness (QED) is 0.763. The monoisotopic (exact) mass is 439 g/mol. The van der Waals surface area contributed by atoms with Crippen molar-refractivity contribution in [3.05, 3.63) is 24.0 Å². The average molecular weight is 439 g/mol. The molecule has 2 atom stereocenters. The van der Waals surface area contributed by atoms with Gasteiger partial charge in [0.1, 0.15) is 0 Å². The van der Waals surface area contributed by atoms with Gasteiger partial charge in [0.2, 0.25) is 0 Å². The molecule has 170 valence electrons. The molecule has 31 heavy (non-hydrogen) atoms. The van der Waals surface area contributed by atoms with Crippen LogP contribution >= 0.6 is 0 Å². The van der Waals surface area contributed by atoms with Crippen LogP contribution in [0.2, 0.25) is 0 Å². The molecule has 7 nitrogen and oxygen atoms in total. The Morgan fingerprint density at radius 1 is 1.26 bits per heavy atom. The third kappa shape index (κ3) is 4.64. The summed E-state index contributed by atoms with van der Waals surface area (Å²) in [7, 11) is 0. The van der Waals surface area contributed by atoms with Crippen molar-refractivity contribution in [1.29, 1.82) is 0 Å². The molecule has 10 heteroatoms. The summed E-state index contributed by atoms with van der Waals surface area (Å²) in [5.41, 5.74) is 7.66. The second-order valence-electron chi connectivity index (χ2n) is 8.71. The predicted molar refractivity (Wildman–Crippen MR) is 110 cm³/mol. The van der Waals surface area contributed by atoms with E-state index in [-0.39, 0.29) is 11.9 Å². The number of pyridine rings is 1. The van der Waals surface area contributed by atoms with E-state index in [1.165, 1.54) is 12.3 Å². The molecule has 0 amide bonds. The Labute approximate surface area is 179 Å². The number of nitrogens with zero attached hydrogens (tertiary/aromatic N) is 4. The molecule has 2 aliphatic rings. The van der Waals surface area contributed by atoms with E-state index in [0.717, 1.165) is 38.4 Å². The third-order valence-electron chi connectivity index (χ3n) is 6.11. The van der Waals surface area contributed by atoms with E-state index in [1.54, 1.807) is 0 Å². The third-order valence-corrected chi connectivity index (χ3v) is 6.11. The number of anilines is 1. The van der Waals surface area contributed by atoms with E-state index in [4.69, 9.17) is 15.6 Å². The summed E-state index contributed by atoms with van der Waals surface area (Å²) < 4.78 is 49.4. The van der Waals surface area contributed by atoms with Crippen molar-refractivity contribution in [3.8, 4) is 17.0 Å². The molecule has 0 spiro atoms. The van der Waals surface area contributed by atoms with Crippen molar-refractivity contribution in [2.24, 2.45) is 5.92 Å². The summed E-state index contributed by atoms with van der Waals surface area (Å²) in [6.07, 6.45) is -2.42. The first-order valence-electron chi connectivity index (χ1n) is 10.5. The number of nitrogen functional groups attached to an aromatic ring is 1. The fourth-order valence-corrected chi connectivity index (χ4v) is 4.43. The summed E-state index contributed by atoms with van der Waals surface area (Å²) in [4.78, 5) is 6.37. The largest absolute Gasteiger partial charge is 0.573 e. The van der Waals surface area contributed by atoms with Crippen molar-refractivity contribution in [1.82, 2.24) is 19.7 Å². The molecule has 0 aromatic carbocycles. The smallest absolute Gasteiger partial charge is 0.402 e. The molecule has 2 N–H and O–H groups in total. The predicted octanol–water partition coefficient (Wildman–Crippen LogP) is 3.83. The molecule has 0 bridgehead atoms. The number of hydrogen-bond donors (Lipinski definition) is 1. The van der Waals surface area contributed by atoms with Gasteiger partial charge in [-0.15, -0.1) is 13.2 Å². The molecule has 0 aliphatic carbocycles. The van der Waals surface area contributed by atoms with E-state index in [0.29, 0.717) is 29.1 Å². The number of rotatable bonds is 5. The molecule has 2 fully saturated rings. The van der Waals surface area contributed by atoms with Crippen LogP contribution in [0.3, 0.4) is 0 Å². The lowest BCUT2D eigenvalue weighted by atomic mass is 9.83. The molecule has 2 aliphatic heterocycles. The van der Waals surface area contributed by atoms with Crippen LogP contribution in [0.5, 0.6) is 5.75 Å². The first kappa shape index (κ1) is 21.9. The van der Waals surface area contributed by atoms with Gasteiger partial charge in [-0.25, -0.2) is 4.98 Å². The fourth-order valence-electron chi connectivity index (χ4n) is 4.43. The zero-order valence-electron chi connectivity index (χ0n) is 17.9. The molecule has 2 aromatic heterocycles. The van der Waals surface area contributed by atoms with Gasteiger partial charge < -0.3 is 15.2 Å². The Balaban J connectivity index is 1.62. The first-order chi connectivity index (χ1) is 14.6. The number of nitrogens with two attached hydrogens (primary N) is 1. The Bertz CT molecular complexity index is 926.